The van der Waals surface area contributed by atoms with Gasteiger partial charge in [-0.25, -0.2) is 13.6 Å². The molecule has 2 aromatic rings. The highest BCUT2D eigenvalue weighted by molar-refractivity contribution is 7.89. The fraction of sp³-hybridized carbons (Fsp3) is 0.150. The fourth-order valence-corrected chi connectivity index (χ4v) is 3.33. The zero-order chi connectivity index (χ0) is 22.1. The van der Waals surface area contributed by atoms with E-state index >= 15 is 0 Å². The lowest BCUT2D eigenvalue weighted by molar-refractivity contribution is -0.132. The molecule has 0 aromatic heterocycles. The molecule has 1 aliphatic rings. The van der Waals surface area contributed by atoms with Gasteiger partial charge in [0.2, 0.25) is 10.0 Å². The van der Waals surface area contributed by atoms with E-state index in [-0.39, 0.29) is 16.6 Å². The summed E-state index contributed by atoms with van der Waals surface area (Å²) in [5.41, 5.74) is 1.89. The van der Waals surface area contributed by atoms with Crippen LogP contribution < -0.4 is 19.6 Å². The summed E-state index contributed by atoms with van der Waals surface area (Å²) in [6, 6.07) is 10.4. The summed E-state index contributed by atoms with van der Waals surface area (Å²) in [7, 11) is -2.39. The van der Waals surface area contributed by atoms with Gasteiger partial charge in [0, 0.05) is 6.92 Å². The van der Waals surface area contributed by atoms with E-state index in [1.165, 1.54) is 43.3 Å². The minimum Gasteiger partial charge on any atom is -0.493 e. The van der Waals surface area contributed by atoms with Crippen LogP contribution in [0.1, 0.15) is 19.4 Å². The summed E-state index contributed by atoms with van der Waals surface area (Å²) in [5, 5.41) is 10.5. The molecule has 0 saturated carbocycles. The van der Waals surface area contributed by atoms with E-state index in [1.54, 1.807) is 31.2 Å². The summed E-state index contributed by atoms with van der Waals surface area (Å²) in [4.78, 5) is 24.0. The summed E-state index contributed by atoms with van der Waals surface area (Å²) in [6.07, 6.45) is 1.64. The molecule has 0 saturated heterocycles. The van der Waals surface area contributed by atoms with E-state index in [2.05, 4.69) is 5.10 Å². The molecule has 30 heavy (non-hydrogen) atoms. The average Bonchev–Trinajstić information content (AvgIpc) is 2.96. The molecule has 10 heteroatoms. The Balaban J connectivity index is 1.90. The fourth-order valence-electron chi connectivity index (χ4n) is 2.82. The molecule has 0 radical (unpaired) electrons. The molecule has 9 nitrogen and oxygen atoms in total. The van der Waals surface area contributed by atoms with Gasteiger partial charge in [0.05, 0.1) is 29.0 Å². The predicted octanol–water partition coefficient (Wildman–Crippen LogP) is 2.07. The van der Waals surface area contributed by atoms with Crippen LogP contribution in [0.2, 0.25) is 0 Å². The number of hydrogen-bond donors (Lipinski definition) is 1. The van der Waals surface area contributed by atoms with Crippen LogP contribution in [0.15, 0.2) is 58.0 Å². The minimum atomic E-state index is -3.83. The van der Waals surface area contributed by atoms with Crippen LogP contribution in [0.3, 0.4) is 0 Å². The minimum absolute atomic E-state index is 0.0608. The van der Waals surface area contributed by atoms with E-state index in [0.29, 0.717) is 28.3 Å². The summed E-state index contributed by atoms with van der Waals surface area (Å²) in [6.45, 7) is 2.98. The molecule has 2 N–H and O–H groups in total. The van der Waals surface area contributed by atoms with Crippen molar-refractivity contribution in [2.24, 2.45) is 10.2 Å². The number of carbonyl (C=O) groups excluding carboxylic acids is 2. The molecule has 1 aliphatic heterocycles. The number of sulfonamides is 1. The summed E-state index contributed by atoms with van der Waals surface area (Å²) >= 11 is 0. The smallest absolute Gasteiger partial charge is 0.308 e. The third-order valence-corrected chi connectivity index (χ3v) is 5.15. The van der Waals surface area contributed by atoms with Crippen molar-refractivity contribution in [2.75, 3.05) is 12.1 Å². The molecular formula is C20H19N3O6S. The molecule has 1 heterocycles. The monoisotopic (exact) mass is 429 g/mol. The zero-order valence-electron chi connectivity index (χ0n) is 16.4. The largest absolute Gasteiger partial charge is 0.493 e. The number of amides is 1. The van der Waals surface area contributed by atoms with Crippen LogP contribution in [0, 0.1) is 0 Å². The van der Waals surface area contributed by atoms with Crippen LogP contribution in [0.25, 0.3) is 6.08 Å². The van der Waals surface area contributed by atoms with Gasteiger partial charge in [-0.3, -0.25) is 9.59 Å². The Morgan fingerprint density at radius 2 is 1.80 bits per heavy atom. The Bertz CT molecular complexity index is 1180. The van der Waals surface area contributed by atoms with Gasteiger partial charge in [-0.2, -0.15) is 10.1 Å². The number of anilines is 1. The van der Waals surface area contributed by atoms with Gasteiger partial charge in [0.1, 0.15) is 0 Å². The van der Waals surface area contributed by atoms with Crippen LogP contribution in [0.4, 0.5) is 5.69 Å². The molecule has 0 unspecified atom stereocenters. The van der Waals surface area contributed by atoms with Gasteiger partial charge in [-0.05, 0) is 55.0 Å². The number of nitrogens with zero attached hydrogens (tertiary/aromatic N) is 2. The van der Waals surface area contributed by atoms with Gasteiger partial charge in [-0.1, -0.05) is 6.07 Å². The van der Waals surface area contributed by atoms with Crippen molar-refractivity contribution in [1.29, 1.82) is 0 Å². The standard InChI is InChI=1S/C20H19N3O6S/c1-12-17(10-14-4-9-18(29-13(2)24)19(11-14)28-3)20(25)23(22-12)15-5-7-16(8-6-15)30(21,26)27/h4-11H,1-3H3,(H2,21,26,27)/b17-10-. The first kappa shape index (κ1) is 21.2. The highest BCUT2D eigenvalue weighted by Gasteiger charge is 2.29. The second kappa shape index (κ2) is 8.09. The Morgan fingerprint density at radius 1 is 1.13 bits per heavy atom. The number of nitrogens with two attached hydrogens (primary N) is 1. The maximum absolute atomic E-state index is 12.9. The maximum Gasteiger partial charge on any atom is 0.308 e. The number of primary sulfonamides is 1. The summed E-state index contributed by atoms with van der Waals surface area (Å²) in [5.74, 6) is -0.238. The average molecular weight is 429 g/mol. The Morgan fingerprint density at radius 3 is 2.37 bits per heavy atom. The molecule has 1 amide bonds. The number of methoxy groups -OCH3 is 1. The lowest BCUT2D eigenvalue weighted by atomic mass is 10.1. The van der Waals surface area contributed by atoms with Crippen molar-refractivity contribution in [1.82, 2.24) is 0 Å². The van der Waals surface area contributed by atoms with Gasteiger partial charge in [-0.15, -0.1) is 0 Å². The van der Waals surface area contributed by atoms with Crippen molar-refractivity contribution in [3.8, 4) is 11.5 Å². The molecule has 0 spiro atoms. The van der Waals surface area contributed by atoms with Gasteiger partial charge >= 0.3 is 5.97 Å². The van der Waals surface area contributed by atoms with E-state index in [9.17, 15) is 18.0 Å². The molecule has 3 rings (SSSR count). The number of ether oxygens (including phenoxy) is 2. The molecule has 0 fully saturated rings. The molecule has 0 aliphatic carbocycles. The quantitative estimate of drug-likeness (QED) is 0.440. The van der Waals surface area contributed by atoms with Crippen molar-refractivity contribution < 1.29 is 27.5 Å². The van der Waals surface area contributed by atoms with Crippen LogP contribution in [-0.4, -0.2) is 33.1 Å². The molecule has 2 aromatic carbocycles. The van der Waals surface area contributed by atoms with Crippen LogP contribution in [0.5, 0.6) is 11.5 Å². The van der Waals surface area contributed by atoms with Crippen molar-refractivity contribution in [2.45, 2.75) is 18.7 Å². The third kappa shape index (κ3) is 4.39. The third-order valence-electron chi connectivity index (χ3n) is 4.22. The van der Waals surface area contributed by atoms with E-state index in [0.717, 1.165) is 0 Å². The van der Waals surface area contributed by atoms with Gasteiger partial charge in [0.25, 0.3) is 5.91 Å². The first-order valence-electron chi connectivity index (χ1n) is 8.71. The molecule has 0 atom stereocenters. The Hall–Kier alpha value is -3.50. The topological polar surface area (TPSA) is 128 Å². The van der Waals surface area contributed by atoms with Crippen molar-refractivity contribution >= 4 is 39.4 Å². The van der Waals surface area contributed by atoms with Crippen LogP contribution >= 0.6 is 0 Å². The van der Waals surface area contributed by atoms with E-state index < -0.39 is 16.0 Å². The lowest BCUT2D eigenvalue weighted by Crippen LogP contribution is -2.21. The maximum atomic E-state index is 12.9. The first-order valence-corrected chi connectivity index (χ1v) is 10.3. The Kier molecular flexibility index (Phi) is 5.72. The van der Waals surface area contributed by atoms with Crippen LogP contribution in [-0.2, 0) is 19.6 Å². The predicted molar refractivity (Wildman–Crippen MR) is 111 cm³/mol. The van der Waals surface area contributed by atoms with Gasteiger partial charge < -0.3 is 9.47 Å². The first-order chi connectivity index (χ1) is 14.1. The number of carbonyl (C=O) groups is 2. The second-order valence-corrected chi connectivity index (χ2v) is 7.96. The highest BCUT2D eigenvalue weighted by atomic mass is 32.2. The second-order valence-electron chi connectivity index (χ2n) is 6.40. The summed E-state index contributed by atoms with van der Waals surface area (Å²) < 4.78 is 33.1. The van der Waals surface area contributed by atoms with Crippen molar-refractivity contribution in [3.05, 3.63) is 53.6 Å². The lowest BCUT2D eigenvalue weighted by Gasteiger charge is -2.12. The number of benzene rings is 2. The highest BCUT2D eigenvalue weighted by Crippen LogP contribution is 2.31. The number of hydrazone groups is 1. The Labute approximate surface area is 173 Å². The molecular weight excluding hydrogens is 410 g/mol. The molecule has 156 valence electrons. The SMILES string of the molecule is COc1cc(/C=C2\C(=O)N(c3ccc(S(N)(=O)=O)cc3)N=C2C)ccc1OC(C)=O. The number of rotatable bonds is 5. The normalized spacial score (nSPS) is 15.3. The molecule has 0 bridgehead atoms. The number of esters is 1. The van der Waals surface area contributed by atoms with E-state index in [4.69, 9.17) is 14.6 Å². The zero-order valence-corrected chi connectivity index (χ0v) is 17.3. The van der Waals surface area contributed by atoms with Gasteiger partial charge in [0.15, 0.2) is 11.5 Å². The number of hydrogen-bond acceptors (Lipinski definition) is 7. The van der Waals surface area contributed by atoms with E-state index in [1.807, 2.05) is 0 Å². The van der Waals surface area contributed by atoms with Crippen molar-refractivity contribution in [3.63, 3.8) is 0 Å².